The van der Waals surface area contributed by atoms with Crippen LogP contribution < -0.4 is 5.32 Å². The highest BCUT2D eigenvalue weighted by molar-refractivity contribution is 7.99. The molecule has 3 nitrogen and oxygen atoms in total. The summed E-state index contributed by atoms with van der Waals surface area (Å²) in [4.78, 5) is 14.1. The lowest BCUT2D eigenvalue weighted by atomic mass is 9.96. The van der Waals surface area contributed by atoms with E-state index < -0.39 is 0 Å². The maximum atomic E-state index is 12.0. The molecule has 0 radical (unpaired) electrons. The van der Waals surface area contributed by atoms with E-state index in [4.69, 9.17) is 0 Å². The van der Waals surface area contributed by atoms with Crippen molar-refractivity contribution in [2.75, 3.05) is 31.1 Å². The molecule has 0 bridgehead atoms. The molecule has 2 aliphatic heterocycles. The number of piperidine rings is 1. The summed E-state index contributed by atoms with van der Waals surface area (Å²) in [6.07, 6.45) is 7.40. The van der Waals surface area contributed by atoms with E-state index in [1.165, 1.54) is 37.2 Å². The zero-order chi connectivity index (χ0) is 13.1. The molecule has 1 amide bonds. The van der Waals surface area contributed by atoms with Gasteiger partial charge in [-0.3, -0.25) is 4.79 Å². The molecule has 108 valence electrons. The average Bonchev–Trinajstić information content (AvgIpc) is 3.31. The van der Waals surface area contributed by atoms with Crippen molar-refractivity contribution in [3.63, 3.8) is 0 Å². The zero-order valence-electron chi connectivity index (χ0n) is 11.8. The summed E-state index contributed by atoms with van der Waals surface area (Å²) < 4.78 is 0. The van der Waals surface area contributed by atoms with Crippen LogP contribution in [-0.4, -0.2) is 48.0 Å². The van der Waals surface area contributed by atoms with Gasteiger partial charge in [-0.15, -0.1) is 0 Å². The third-order valence-electron chi connectivity index (χ3n) is 4.71. The van der Waals surface area contributed by atoms with Crippen LogP contribution in [0, 0.1) is 11.8 Å². The fourth-order valence-corrected chi connectivity index (χ4v) is 4.29. The number of carbonyl (C=O) groups excluding carboxylic acids is 1. The van der Waals surface area contributed by atoms with Crippen LogP contribution in [0.2, 0.25) is 0 Å². The Morgan fingerprint density at radius 3 is 2.58 bits per heavy atom. The Kier molecular flexibility index (Phi) is 4.69. The molecular formula is C15H26N2OS. The van der Waals surface area contributed by atoms with Gasteiger partial charge in [0.05, 0.1) is 0 Å². The number of rotatable bonds is 4. The fourth-order valence-electron chi connectivity index (χ4n) is 3.18. The van der Waals surface area contributed by atoms with Gasteiger partial charge in [-0.1, -0.05) is 0 Å². The molecule has 0 aromatic heterocycles. The number of hydrogen-bond acceptors (Lipinski definition) is 3. The molecule has 4 heteroatoms. The molecule has 19 heavy (non-hydrogen) atoms. The SMILES string of the molecule is O=C(C1CC1)N1CCC(CNC2CCCSC2)CC1. The third-order valence-corrected chi connectivity index (χ3v) is 5.92. The zero-order valence-corrected chi connectivity index (χ0v) is 12.6. The number of nitrogens with one attached hydrogen (secondary N) is 1. The van der Waals surface area contributed by atoms with Gasteiger partial charge in [0.2, 0.25) is 5.91 Å². The van der Waals surface area contributed by atoms with E-state index in [1.807, 2.05) is 0 Å². The van der Waals surface area contributed by atoms with Crippen molar-refractivity contribution in [2.45, 2.75) is 44.6 Å². The molecule has 1 unspecified atom stereocenters. The Morgan fingerprint density at radius 2 is 1.95 bits per heavy atom. The molecule has 1 aliphatic carbocycles. The Hall–Kier alpha value is -0.220. The number of hydrogen-bond donors (Lipinski definition) is 1. The van der Waals surface area contributed by atoms with E-state index in [9.17, 15) is 4.79 Å². The first-order chi connectivity index (χ1) is 9.33. The highest BCUT2D eigenvalue weighted by Gasteiger charge is 2.34. The standard InChI is InChI=1S/C15H26N2OS/c18-15(13-3-4-13)17-7-5-12(6-8-17)10-16-14-2-1-9-19-11-14/h12-14,16H,1-11H2. The predicted molar refractivity (Wildman–Crippen MR) is 80.4 cm³/mol. The molecule has 1 N–H and O–H groups in total. The molecule has 2 saturated heterocycles. The quantitative estimate of drug-likeness (QED) is 0.857. The second-order valence-electron chi connectivity index (χ2n) is 6.37. The van der Waals surface area contributed by atoms with Gasteiger partial charge >= 0.3 is 0 Å². The van der Waals surface area contributed by atoms with Crippen molar-refractivity contribution in [1.29, 1.82) is 0 Å². The maximum absolute atomic E-state index is 12.0. The minimum absolute atomic E-state index is 0.397. The minimum Gasteiger partial charge on any atom is -0.342 e. The monoisotopic (exact) mass is 282 g/mol. The lowest BCUT2D eigenvalue weighted by Crippen LogP contribution is -2.43. The number of carbonyl (C=O) groups is 1. The summed E-state index contributed by atoms with van der Waals surface area (Å²) in [5, 5.41) is 3.75. The van der Waals surface area contributed by atoms with Crippen LogP contribution in [0.3, 0.4) is 0 Å². The first kappa shape index (κ1) is 13.7. The largest absolute Gasteiger partial charge is 0.342 e. The molecule has 0 spiro atoms. The molecule has 2 heterocycles. The van der Waals surface area contributed by atoms with Crippen LogP contribution in [0.15, 0.2) is 0 Å². The van der Waals surface area contributed by atoms with E-state index in [0.29, 0.717) is 11.8 Å². The summed E-state index contributed by atoms with van der Waals surface area (Å²) in [5.74, 6) is 4.26. The number of thioether (sulfide) groups is 1. The molecule has 0 aromatic rings. The molecule has 1 atom stereocenters. The first-order valence-corrected chi connectivity index (χ1v) is 9.08. The summed E-state index contributed by atoms with van der Waals surface area (Å²) in [6, 6.07) is 0.741. The van der Waals surface area contributed by atoms with Gasteiger partial charge in [-0.25, -0.2) is 0 Å². The molecule has 1 saturated carbocycles. The van der Waals surface area contributed by atoms with E-state index in [2.05, 4.69) is 22.0 Å². The van der Waals surface area contributed by atoms with Gasteiger partial charge in [0.1, 0.15) is 0 Å². The van der Waals surface area contributed by atoms with Gasteiger partial charge in [0.25, 0.3) is 0 Å². The van der Waals surface area contributed by atoms with E-state index in [-0.39, 0.29) is 0 Å². The second-order valence-corrected chi connectivity index (χ2v) is 7.52. The van der Waals surface area contributed by atoms with Gasteiger partial charge in [0.15, 0.2) is 0 Å². The molecule has 0 aromatic carbocycles. The Morgan fingerprint density at radius 1 is 1.16 bits per heavy atom. The maximum Gasteiger partial charge on any atom is 0.225 e. The minimum atomic E-state index is 0.397. The highest BCUT2D eigenvalue weighted by Crippen LogP contribution is 2.32. The first-order valence-electron chi connectivity index (χ1n) is 7.93. The fraction of sp³-hybridized carbons (Fsp3) is 0.933. The normalized spacial score (nSPS) is 29.5. The van der Waals surface area contributed by atoms with Crippen molar-refractivity contribution in [2.24, 2.45) is 11.8 Å². The van der Waals surface area contributed by atoms with Crippen LogP contribution in [0.1, 0.15) is 38.5 Å². The molecular weight excluding hydrogens is 256 g/mol. The number of nitrogens with zero attached hydrogens (tertiary/aromatic N) is 1. The van der Waals surface area contributed by atoms with Crippen molar-refractivity contribution < 1.29 is 4.79 Å². The van der Waals surface area contributed by atoms with Crippen molar-refractivity contribution in [1.82, 2.24) is 10.2 Å². The molecule has 3 fully saturated rings. The Bertz CT molecular complexity index is 305. The van der Waals surface area contributed by atoms with E-state index in [1.54, 1.807) is 0 Å². The van der Waals surface area contributed by atoms with E-state index >= 15 is 0 Å². The lowest BCUT2D eigenvalue weighted by molar-refractivity contribution is -0.133. The van der Waals surface area contributed by atoms with Gasteiger partial charge in [-0.2, -0.15) is 11.8 Å². The summed E-state index contributed by atoms with van der Waals surface area (Å²) >= 11 is 2.09. The Labute approximate surface area is 120 Å². The predicted octanol–water partition coefficient (Wildman–Crippen LogP) is 2.12. The van der Waals surface area contributed by atoms with Gasteiger partial charge < -0.3 is 10.2 Å². The number of likely N-dealkylation sites (tertiary alicyclic amines) is 1. The Balaban J connectivity index is 1.34. The summed E-state index contributed by atoms with van der Waals surface area (Å²) in [5.41, 5.74) is 0. The van der Waals surface area contributed by atoms with Crippen LogP contribution >= 0.6 is 11.8 Å². The third kappa shape index (κ3) is 3.88. The van der Waals surface area contributed by atoms with Crippen LogP contribution in [0.4, 0.5) is 0 Å². The molecule has 3 rings (SSSR count). The lowest BCUT2D eigenvalue weighted by Gasteiger charge is -2.33. The van der Waals surface area contributed by atoms with E-state index in [0.717, 1.165) is 44.4 Å². The average molecular weight is 282 g/mol. The van der Waals surface area contributed by atoms with Crippen molar-refractivity contribution in [3.05, 3.63) is 0 Å². The van der Waals surface area contributed by atoms with Crippen LogP contribution in [-0.2, 0) is 4.79 Å². The highest BCUT2D eigenvalue weighted by atomic mass is 32.2. The van der Waals surface area contributed by atoms with Gasteiger partial charge in [0, 0.05) is 30.8 Å². The van der Waals surface area contributed by atoms with Crippen LogP contribution in [0.25, 0.3) is 0 Å². The smallest absolute Gasteiger partial charge is 0.225 e. The topological polar surface area (TPSA) is 32.3 Å². The summed E-state index contributed by atoms with van der Waals surface area (Å²) in [6.45, 7) is 3.17. The van der Waals surface area contributed by atoms with Crippen molar-refractivity contribution >= 4 is 17.7 Å². The van der Waals surface area contributed by atoms with Crippen LogP contribution in [0.5, 0.6) is 0 Å². The van der Waals surface area contributed by atoms with Gasteiger partial charge in [-0.05, 0) is 56.7 Å². The molecule has 3 aliphatic rings. The second kappa shape index (κ2) is 6.49. The summed E-state index contributed by atoms with van der Waals surface area (Å²) in [7, 11) is 0. The number of amides is 1. The van der Waals surface area contributed by atoms with Crippen molar-refractivity contribution in [3.8, 4) is 0 Å².